The molecule has 2 nitrogen and oxygen atoms in total. The lowest BCUT2D eigenvalue weighted by Crippen LogP contribution is -2.29. The zero-order valence-electron chi connectivity index (χ0n) is 9.36. The van der Waals surface area contributed by atoms with Crippen LogP contribution in [0, 0.1) is 0 Å². The third-order valence-electron chi connectivity index (χ3n) is 2.28. The molecular weight excluding hydrogens is 226 g/mol. The molecule has 86 valence electrons. The van der Waals surface area contributed by atoms with Crippen LogP contribution in [0.4, 0.5) is 0 Å². The van der Waals surface area contributed by atoms with Gasteiger partial charge in [-0.15, -0.1) is 11.3 Å². The highest BCUT2D eigenvalue weighted by atomic mass is 32.2. The molecule has 2 atom stereocenters. The van der Waals surface area contributed by atoms with Gasteiger partial charge in [0.05, 0.1) is 0 Å². The summed E-state index contributed by atoms with van der Waals surface area (Å²) < 4.78 is 10.9. The number of hydrogen-bond donors (Lipinski definition) is 1. The Morgan fingerprint density at radius 2 is 2.40 bits per heavy atom. The lowest BCUT2D eigenvalue weighted by molar-refractivity contribution is 0.539. The zero-order valence-corrected chi connectivity index (χ0v) is 11.0. The second-order valence-electron chi connectivity index (χ2n) is 3.75. The van der Waals surface area contributed by atoms with Gasteiger partial charge >= 0.3 is 0 Å². The van der Waals surface area contributed by atoms with Crippen LogP contribution >= 0.6 is 11.3 Å². The average Bonchev–Trinajstić information content (AvgIpc) is 2.67. The summed E-state index contributed by atoms with van der Waals surface area (Å²) in [5.41, 5.74) is 0. The molecule has 1 rings (SSSR count). The summed E-state index contributed by atoms with van der Waals surface area (Å²) in [7, 11) is -0.659. The molecule has 0 bridgehead atoms. The van der Waals surface area contributed by atoms with E-state index in [9.17, 15) is 4.21 Å². The summed E-state index contributed by atoms with van der Waals surface area (Å²) in [6.07, 6.45) is 3.85. The largest absolute Gasteiger partial charge is 0.314 e. The molecule has 2 unspecified atom stereocenters. The highest BCUT2D eigenvalue weighted by molar-refractivity contribution is 7.84. The molecule has 0 aromatic carbocycles. The van der Waals surface area contributed by atoms with Gasteiger partial charge in [0.1, 0.15) is 0 Å². The van der Waals surface area contributed by atoms with E-state index in [1.807, 2.05) is 0 Å². The third kappa shape index (κ3) is 6.07. The van der Waals surface area contributed by atoms with Crippen LogP contribution in [-0.4, -0.2) is 28.8 Å². The van der Waals surface area contributed by atoms with E-state index in [4.69, 9.17) is 0 Å². The van der Waals surface area contributed by atoms with Gasteiger partial charge < -0.3 is 5.32 Å². The van der Waals surface area contributed by atoms with Gasteiger partial charge in [-0.2, -0.15) is 0 Å². The van der Waals surface area contributed by atoms with Crippen molar-refractivity contribution in [2.75, 3.05) is 18.6 Å². The van der Waals surface area contributed by atoms with Crippen molar-refractivity contribution in [1.29, 1.82) is 0 Å². The second kappa shape index (κ2) is 7.14. The summed E-state index contributed by atoms with van der Waals surface area (Å²) >= 11 is 1.80. The maximum Gasteiger partial charge on any atom is 0.0246 e. The zero-order chi connectivity index (χ0) is 11.1. The molecule has 15 heavy (non-hydrogen) atoms. The van der Waals surface area contributed by atoms with Crippen LogP contribution in [0.5, 0.6) is 0 Å². The van der Waals surface area contributed by atoms with Crippen LogP contribution in [0.2, 0.25) is 0 Å². The van der Waals surface area contributed by atoms with Crippen LogP contribution in [0.3, 0.4) is 0 Å². The minimum absolute atomic E-state index is 0.467. The van der Waals surface area contributed by atoms with E-state index in [2.05, 4.69) is 29.8 Å². The SMILES string of the molecule is CC(CCS(C)=O)NCCc1cccs1. The van der Waals surface area contributed by atoms with E-state index in [-0.39, 0.29) is 0 Å². The van der Waals surface area contributed by atoms with Crippen molar-refractivity contribution in [2.45, 2.75) is 25.8 Å². The highest BCUT2D eigenvalue weighted by Crippen LogP contribution is 2.08. The Morgan fingerprint density at radius 3 is 3.00 bits per heavy atom. The molecule has 0 saturated heterocycles. The molecular formula is C11H19NOS2. The third-order valence-corrected chi connectivity index (χ3v) is 4.03. The van der Waals surface area contributed by atoms with Crippen LogP contribution in [0.25, 0.3) is 0 Å². The predicted molar refractivity (Wildman–Crippen MR) is 69.0 cm³/mol. The second-order valence-corrected chi connectivity index (χ2v) is 6.34. The Morgan fingerprint density at radius 1 is 1.60 bits per heavy atom. The number of thiophene rings is 1. The molecule has 0 fully saturated rings. The maximum atomic E-state index is 10.9. The molecule has 1 aromatic rings. The Hall–Kier alpha value is -0.190. The first-order valence-corrected chi connectivity index (χ1v) is 7.85. The first-order chi connectivity index (χ1) is 7.18. The maximum absolute atomic E-state index is 10.9. The van der Waals surface area contributed by atoms with Crippen molar-refractivity contribution in [3.05, 3.63) is 22.4 Å². The van der Waals surface area contributed by atoms with Gasteiger partial charge in [0.2, 0.25) is 0 Å². The molecule has 1 N–H and O–H groups in total. The summed E-state index contributed by atoms with van der Waals surface area (Å²) in [4.78, 5) is 1.42. The van der Waals surface area contributed by atoms with Gasteiger partial charge in [0.25, 0.3) is 0 Å². The molecule has 0 radical (unpaired) electrons. The monoisotopic (exact) mass is 245 g/mol. The Labute approximate surface area is 98.6 Å². The minimum atomic E-state index is -0.659. The van der Waals surface area contributed by atoms with Crippen LogP contribution in [0.15, 0.2) is 17.5 Å². The summed E-state index contributed by atoms with van der Waals surface area (Å²) in [6, 6.07) is 4.72. The van der Waals surface area contributed by atoms with Crippen molar-refractivity contribution < 1.29 is 4.21 Å². The highest BCUT2D eigenvalue weighted by Gasteiger charge is 2.02. The smallest absolute Gasteiger partial charge is 0.0246 e. The lowest BCUT2D eigenvalue weighted by atomic mass is 10.2. The van der Waals surface area contributed by atoms with Crippen LogP contribution in [0.1, 0.15) is 18.2 Å². The molecule has 0 aliphatic rings. The predicted octanol–water partition coefficient (Wildman–Crippen LogP) is 2.04. The van der Waals surface area contributed by atoms with Gasteiger partial charge in [-0.1, -0.05) is 6.07 Å². The summed E-state index contributed by atoms with van der Waals surface area (Å²) in [5.74, 6) is 0.799. The Kier molecular flexibility index (Phi) is 6.13. The molecule has 0 aliphatic heterocycles. The first kappa shape index (κ1) is 12.9. The number of nitrogens with one attached hydrogen (secondary N) is 1. The fourth-order valence-electron chi connectivity index (χ4n) is 1.34. The molecule has 1 heterocycles. The number of rotatable bonds is 7. The van der Waals surface area contributed by atoms with E-state index in [0.717, 1.165) is 25.1 Å². The van der Waals surface area contributed by atoms with Crippen LogP contribution in [-0.2, 0) is 17.2 Å². The molecule has 0 spiro atoms. The van der Waals surface area contributed by atoms with E-state index in [0.29, 0.717) is 6.04 Å². The van der Waals surface area contributed by atoms with E-state index in [1.54, 1.807) is 17.6 Å². The lowest BCUT2D eigenvalue weighted by Gasteiger charge is -2.12. The summed E-state index contributed by atoms with van der Waals surface area (Å²) in [6.45, 7) is 3.17. The molecule has 0 amide bonds. The van der Waals surface area contributed by atoms with E-state index >= 15 is 0 Å². The summed E-state index contributed by atoms with van der Waals surface area (Å²) in [5, 5.41) is 5.56. The standard InChI is InChI=1S/C11H19NOS2/c1-10(6-9-15(2)13)12-7-5-11-4-3-8-14-11/h3-4,8,10,12H,5-7,9H2,1-2H3. The van der Waals surface area contributed by atoms with E-state index < -0.39 is 10.8 Å². The topological polar surface area (TPSA) is 29.1 Å². The van der Waals surface area contributed by atoms with Crippen LogP contribution < -0.4 is 5.32 Å². The minimum Gasteiger partial charge on any atom is -0.314 e. The number of hydrogen-bond acceptors (Lipinski definition) is 3. The van der Waals surface area contributed by atoms with E-state index in [1.165, 1.54) is 4.88 Å². The van der Waals surface area contributed by atoms with Crippen molar-refractivity contribution in [3.8, 4) is 0 Å². The first-order valence-electron chi connectivity index (χ1n) is 5.24. The fourth-order valence-corrected chi connectivity index (χ4v) is 2.74. The quantitative estimate of drug-likeness (QED) is 0.796. The van der Waals surface area contributed by atoms with Crippen molar-refractivity contribution >= 4 is 22.1 Å². The van der Waals surface area contributed by atoms with Gasteiger partial charge in [-0.05, 0) is 31.2 Å². The normalized spacial score (nSPS) is 15.1. The van der Waals surface area contributed by atoms with Gasteiger partial charge in [0.15, 0.2) is 0 Å². The van der Waals surface area contributed by atoms with Crippen molar-refractivity contribution in [2.24, 2.45) is 0 Å². The average molecular weight is 245 g/mol. The Bertz CT molecular complexity index is 285. The molecule has 1 aromatic heterocycles. The van der Waals surface area contributed by atoms with Crippen molar-refractivity contribution in [1.82, 2.24) is 5.32 Å². The molecule has 0 aliphatic carbocycles. The van der Waals surface area contributed by atoms with Gasteiger partial charge in [-0.3, -0.25) is 4.21 Å². The fraction of sp³-hybridized carbons (Fsp3) is 0.636. The van der Waals surface area contributed by atoms with Crippen molar-refractivity contribution in [3.63, 3.8) is 0 Å². The molecule has 0 saturated carbocycles. The van der Waals surface area contributed by atoms with Gasteiger partial charge in [-0.25, -0.2) is 0 Å². The molecule has 4 heteroatoms. The van der Waals surface area contributed by atoms with Gasteiger partial charge in [0, 0.05) is 40.3 Å². The Balaban J connectivity index is 2.06.